The van der Waals surface area contributed by atoms with Crippen LogP contribution in [0.5, 0.6) is 0 Å². The smallest absolute Gasteiger partial charge is 0.252 e. The molecule has 0 unspecified atom stereocenters. The number of likely N-dealkylation sites (tertiary alicyclic amines) is 1. The Labute approximate surface area is 299 Å². The summed E-state index contributed by atoms with van der Waals surface area (Å²) in [4.78, 5) is 17.8. The number of amides is 1. The molecule has 0 atom stereocenters. The van der Waals surface area contributed by atoms with Gasteiger partial charge in [-0.2, -0.15) is 9.40 Å². The van der Waals surface area contributed by atoms with E-state index < -0.39 is 10.0 Å². The van der Waals surface area contributed by atoms with Crippen molar-refractivity contribution in [2.24, 2.45) is 0 Å². The van der Waals surface area contributed by atoms with Gasteiger partial charge in [-0.25, -0.2) is 8.42 Å². The summed E-state index contributed by atoms with van der Waals surface area (Å²) in [6, 6.07) is 10.8. The highest BCUT2D eigenvalue weighted by Crippen LogP contribution is 2.33. The number of rotatable bonds is 10. The minimum atomic E-state index is -3.37. The van der Waals surface area contributed by atoms with E-state index in [4.69, 9.17) is 33.0 Å². The van der Waals surface area contributed by atoms with Crippen LogP contribution in [0.4, 0.5) is 0 Å². The molecule has 4 heterocycles. The topological polar surface area (TPSA) is 100 Å². The minimum Gasteiger partial charge on any atom is -0.379 e. The SMILES string of the molecule is CS(=O)(=O)N1CCc2c(c(-c3ccc(Cl)c(C#Cc4ccc(Cl)c(C(=O)NCCN5CCOCC5)c4)c3)nn2CCCN2CCCCC2)C1. The van der Waals surface area contributed by atoms with Crippen molar-refractivity contribution in [2.45, 2.75) is 45.2 Å². The molecule has 10 nitrogen and oxygen atoms in total. The van der Waals surface area contributed by atoms with Crippen LogP contribution in [0.1, 0.15) is 58.4 Å². The maximum atomic E-state index is 13.0. The lowest BCUT2D eigenvalue weighted by molar-refractivity contribution is 0.0383. The molecule has 1 amide bonds. The number of aryl methyl sites for hydroxylation is 1. The van der Waals surface area contributed by atoms with Gasteiger partial charge in [0.05, 0.1) is 40.8 Å². The molecule has 3 aliphatic heterocycles. The van der Waals surface area contributed by atoms with Crippen LogP contribution in [0.15, 0.2) is 36.4 Å². The number of sulfonamides is 1. The van der Waals surface area contributed by atoms with Gasteiger partial charge in [0.25, 0.3) is 5.91 Å². The first-order valence-electron chi connectivity index (χ1n) is 17.1. The van der Waals surface area contributed by atoms with Crippen LogP contribution in [0.3, 0.4) is 0 Å². The van der Waals surface area contributed by atoms with Crippen molar-refractivity contribution in [1.82, 2.24) is 29.2 Å². The third-order valence-corrected chi connectivity index (χ3v) is 11.4. The molecule has 262 valence electrons. The summed E-state index contributed by atoms with van der Waals surface area (Å²) in [6.45, 7) is 9.21. The molecule has 49 heavy (non-hydrogen) atoms. The van der Waals surface area contributed by atoms with Gasteiger partial charge in [0, 0.05) is 80.2 Å². The van der Waals surface area contributed by atoms with E-state index >= 15 is 0 Å². The van der Waals surface area contributed by atoms with Gasteiger partial charge in [-0.05, 0) is 69.2 Å². The second-order valence-corrected chi connectivity index (χ2v) is 15.7. The minimum absolute atomic E-state index is 0.249. The summed E-state index contributed by atoms with van der Waals surface area (Å²) in [6.07, 6.45) is 6.68. The first kappa shape index (κ1) is 35.9. The quantitative estimate of drug-likeness (QED) is 0.307. The lowest BCUT2D eigenvalue weighted by Crippen LogP contribution is -2.41. The van der Waals surface area contributed by atoms with Crippen LogP contribution in [-0.2, 0) is 34.3 Å². The number of hydrogen-bond donors (Lipinski definition) is 1. The molecule has 2 aromatic carbocycles. The number of halogens is 2. The normalized spacial score (nSPS) is 17.7. The number of benzene rings is 2. The molecule has 3 aromatic rings. The molecule has 2 fully saturated rings. The first-order chi connectivity index (χ1) is 23.7. The molecular formula is C36H44Cl2N6O4S. The van der Waals surface area contributed by atoms with Crippen LogP contribution in [0.2, 0.25) is 10.0 Å². The lowest BCUT2D eigenvalue weighted by Gasteiger charge is -2.27. The molecule has 0 aliphatic carbocycles. The molecule has 0 saturated carbocycles. The van der Waals surface area contributed by atoms with Crippen molar-refractivity contribution in [1.29, 1.82) is 0 Å². The number of nitrogens with one attached hydrogen (secondary N) is 1. The summed E-state index contributed by atoms with van der Waals surface area (Å²) in [7, 11) is -3.37. The highest BCUT2D eigenvalue weighted by atomic mass is 35.5. The molecule has 1 N–H and O–H groups in total. The maximum absolute atomic E-state index is 13.0. The third kappa shape index (κ3) is 9.24. The fourth-order valence-corrected chi connectivity index (χ4v) is 7.88. The second kappa shape index (κ2) is 16.4. The largest absolute Gasteiger partial charge is 0.379 e. The molecule has 0 spiro atoms. The Kier molecular flexibility index (Phi) is 12.0. The average Bonchev–Trinajstić information content (AvgIpc) is 3.47. The first-order valence-corrected chi connectivity index (χ1v) is 19.7. The maximum Gasteiger partial charge on any atom is 0.252 e. The number of hydrogen-bond acceptors (Lipinski definition) is 7. The number of nitrogens with zero attached hydrogens (tertiary/aromatic N) is 5. The summed E-state index contributed by atoms with van der Waals surface area (Å²) < 4.78 is 34.1. The zero-order valence-electron chi connectivity index (χ0n) is 28.0. The van der Waals surface area contributed by atoms with Crippen molar-refractivity contribution >= 4 is 39.1 Å². The van der Waals surface area contributed by atoms with Gasteiger partial charge < -0.3 is 15.0 Å². The molecule has 1 aromatic heterocycles. The fourth-order valence-electron chi connectivity index (χ4n) is 6.73. The van der Waals surface area contributed by atoms with Gasteiger partial charge >= 0.3 is 0 Å². The van der Waals surface area contributed by atoms with E-state index in [0.717, 1.165) is 74.7 Å². The Morgan fingerprint density at radius 1 is 0.918 bits per heavy atom. The lowest BCUT2D eigenvalue weighted by atomic mass is 10.0. The predicted molar refractivity (Wildman–Crippen MR) is 194 cm³/mol. The predicted octanol–water partition coefficient (Wildman–Crippen LogP) is 4.51. The van der Waals surface area contributed by atoms with E-state index in [1.165, 1.54) is 29.8 Å². The summed E-state index contributed by atoms with van der Waals surface area (Å²) in [5.74, 6) is 6.08. The second-order valence-electron chi connectivity index (χ2n) is 12.9. The molecule has 0 radical (unpaired) electrons. The highest BCUT2D eigenvalue weighted by Gasteiger charge is 2.30. The molecule has 3 aliphatic rings. The van der Waals surface area contributed by atoms with Gasteiger partial charge in [-0.15, -0.1) is 0 Å². The van der Waals surface area contributed by atoms with Gasteiger partial charge in [-0.1, -0.05) is 47.5 Å². The summed E-state index contributed by atoms with van der Waals surface area (Å²) in [5, 5.41) is 8.87. The molecule has 13 heteroatoms. The van der Waals surface area contributed by atoms with Crippen LogP contribution >= 0.6 is 23.2 Å². The molecule has 0 bridgehead atoms. The number of fused-ring (bicyclic) bond motifs is 1. The Morgan fingerprint density at radius 2 is 1.67 bits per heavy atom. The Bertz CT molecular complexity index is 1820. The van der Waals surface area contributed by atoms with Gasteiger partial charge in [0.2, 0.25) is 10.0 Å². The van der Waals surface area contributed by atoms with Gasteiger partial charge in [-0.3, -0.25) is 14.4 Å². The van der Waals surface area contributed by atoms with Crippen molar-refractivity contribution in [3.63, 3.8) is 0 Å². The van der Waals surface area contributed by atoms with Crippen molar-refractivity contribution in [2.75, 3.05) is 71.8 Å². The number of aromatic nitrogens is 2. The summed E-state index contributed by atoms with van der Waals surface area (Å²) in [5.41, 5.74) is 5.20. The Morgan fingerprint density at radius 3 is 2.45 bits per heavy atom. The van der Waals surface area contributed by atoms with Crippen molar-refractivity contribution < 1.29 is 17.9 Å². The van der Waals surface area contributed by atoms with E-state index in [9.17, 15) is 13.2 Å². The Balaban J connectivity index is 1.21. The zero-order chi connectivity index (χ0) is 34.4. The fraction of sp³-hybridized carbons (Fsp3) is 0.500. The third-order valence-electron chi connectivity index (χ3n) is 9.47. The zero-order valence-corrected chi connectivity index (χ0v) is 30.3. The highest BCUT2D eigenvalue weighted by molar-refractivity contribution is 7.88. The van der Waals surface area contributed by atoms with Gasteiger partial charge in [0.15, 0.2) is 0 Å². The van der Waals surface area contributed by atoms with E-state index in [0.29, 0.717) is 59.5 Å². The Hall–Kier alpha value is -2.95. The number of carbonyl (C=O) groups is 1. The standard InChI is InChI=1S/C36H44Cl2N6O4S/c1-49(46,47)43-18-12-34-31(26-43)35(40-44(34)17-5-16-41-14-3-2-4-15-41)29-9-11-32(37)28(25-29)8-6-27-7-10-33(38)30(24-27)36(45)39-13-19-42-20-22-48-23-21-42/h7,9-11,24-25H,2-5,12-23,26H2,1H3,(H,39,45). The van der Waals surface area contributed by atoms with Crippen LogP contribution in [0.25, 0.3) is 11.3 Å². The molecule has 6 rings (SSSR count). The number of carbonyl (C=O) groups excluding carboxylic acids is 1. The van der Waals surface area contributed by atoms with Crippen molar-refractivity contribution in [3.8, 4) is 23.1 Å². The average molecular weight is 728 g/mol. The number of ether oxygens (including phenoxy) is 1. The van der Waals surface area contributed by atoms with Crippen LogP contribution in [0, 0.1) is 11.8 Å². The van der Waals surface area contributed by atoms with Crippen molar-refractivity contribution in [3.05, 3.63) is 74.4 Å². The van der Waals surface area contributed by atoms with E-state index in [1.807, 2.05) is 12.1 Å². The van der Waals surface area contributed by atoms with Gasteiger partial charge in [0.1, 0.15) is 0 Å². The van der Waals surface area contributed by atoms with E-state index in [1.54, 1.807) is 24.3 Å². The molecule has 2 saturated heterocycles. The van der Waals surface area contributed by atoms with E-state index in [2.05, 4.69) is 31.6 Å². The van der Waals surface area contributed by atoms with Crippen LogP contribution in [-0.4, -0.2) is 110 Å². The van der Waals surface area contributed by atoms with E-state index in [-0.39, 0.29) is 12.5 Å². The molecular weight excluding hydrogens is 683 g/mol. The van der Waals surface area contributed by atoms with Crippen LogP contribution < -0.4 is 5.32 Å². The number of piperidine rings is 1. The monoisotopic (exact) mass is 726 g/mol. The summed E-state index contributed by atoms with van der Waals surface area (Å²) >= 11 is 13.0. The number of morpholine rings is 1.